The van der Waals surface area contributed by atoms with E-state index in [4.69, 9.17) is 16.3 Å². The molecule has 1 aliphatic rings. The lowest BCUT2D eigenvalue weighted by Gasteiger charge is -2.04. The fourth-order valence-corrected chi connectivity index (χ4v) is 1.48. The second-order valence-corrected chi connectivity index (χ2v) is 4.15. The van der Waals surface area contributed by atoms with Crippen LogP contribution in [0.4, 0.5) is 0 Å². The zero-order chi connectivity index (χ0) is 10.5. The Balaban J connectivity index is 1.97. The fourth-order valence-electron chi connectivity index (χ4n) is 1.35. The Bertz CT molecular complexity index is 342. The van der Waals surface area contributed by atoms with Crippen molar-refractivity contribution in [2.75, 3.05) is 5.88 Å². The molecule has 0 heterocycles. The predicted molar refractivity (Wildman–Crippen MR) is 64.5 cm³/mol. The third-order valence-electron chi connectivity index (χ3n) is 2.27. The average Bonchev–Trinajstić information content (AvgIpc) is 3.03. The van der Waals surface area contributed by atoms with Gasteiger partial charge in [-0.2, -0.15) is 0 Å². The number of rotatable bonds is 5. The molecule has 0 aromatic heterocycles. The number of alkyl halides is 1. The minimum atomic E-state index is 0.465. The number of hydrogen-bond donors (Lipinski definition) is 0. The van der Waals surface area contributed by atoms with Gasteiger partial charge in [0, 0.05) is 5.88 Å². The van der Waals surface area contributed by atoms with Gasteiger partial charge in [-0.3, -0.25) is 0 Å². The zero-order valence-corrected chi connectivity index (χ0v) is 9.41. The molecule has 0 atom stereocenters. The van der Waals surface area contributed by atoms with Gasteiger partial charge in [-0.1, -0.05) is 24.3 Å². The lowest BCUT2D eigenvalue weighted by molar-refractivity contribution is 0.303. The Morgan fingerprint density at radius 3 is 3.00 bits per heavy atom. The first-order valence-corrected chi connectivity index (χ1v) is 5.91. The zero-order valence-electron chi connectivity index (χ0n) is 8.66. The second kappa shape index (κ2) is 5.22. The lowest BCUT2D eigenvalue weighted by atomic mass is 10.2. The highest BCUT2D eigenvalue weighted by Gasteiger charge is 2.23. The molecular formula is C13H15ClO. The molecule has 15 heavy (non-hydrogen) atoms. The summed E-state index contributed by atoms with van der Waals surface area (Å²) in [5.41, 5.74) is 1.18. The normalized spacial score (nSPS) is 15.8. The van der Waals surface area contributed by atoms with Gasteiger partial charge >= 0.3 is 0 Å². The molecule has 0 spiro atoms. The molecule has 0 radical (unpaired) electrons. The molecule has 2 heteroatoms. The lowest BCUT2D eigenvalue weighted by Crippen LogP contribution is -1.95. The Morgan fingerprint density at radius 2 is 2.27 bits per heavy atom. The van der Waals surface area contributed by atoms with E-state index in [9.17, 15) is 0 Å². The molecule has 1 nitrogen and oxygen atoms in total. The molecule has 1 saturated carbocycles. The largest absolute Gasteiger partial charge is 0.490 e. The maximum Gasteiger partial charge on any atom is 0.120 e. The van der Waals surface area contributed by atoms with Crippen molar-refractivity contribution in [2.45, 2.75) is 25.4 Å². The van der Waals surface area contributed by atoms with Gasteiger partial charge in [0.1, 0.15) is 5.75 Å². The molecule has 0 unspecified atom stereocenters. The van der Waals surface area contributed by atoms with Crippen molar-refractivity contribution in [2.24, 2.45) is 0 Å². The average molecular weight is 223 g/mol. The maximum absolute atomic E-state index is 5.71. The number of ether oxygens (including phenoxy) is 1. The van der Waals surface area contributed by atoms with E-state index < -0.39 is 0 Å². The van der Waals surface area contributed by atoms with Crippen LogP contribution in [0.3, 0.4) is 0 Å². The monoisotopic (exact) mass is 222 g/mol. The van der Waals surface area contributed by atoms with Crippen LogP contribution in [0.5, 0.6) is 5.75 Å². The summed E-state index contributed by atoms with van der Waals surface area (Å²) in [6.07, 6.45) is 7.95. The molecule has 1 fully saturated rings. The van der Waals surface area contributed by atoms with E-state index in [2.05, 4.69) is 24.3 Å². The van der Waals surface area contributed by atoms with Crippen molar-refractivity contribution >= 4 is 17.7 Å². The third-order valence-corrected chi connectivity index (χ3v) is 2.49. The highest BCUT2D eigenvalue weighted by molar-refractivity contribution is 6.17. The van der Waals surface area contributed by atoms with E-state index in [0.29, 0.717) is 12.0 Å². The van der Waals surface area contributed by atoms with E-state index in [0.717, 1.165) is 12.2 Å². The van der Waals surface area contributed by atoms with Crippen LogP contribution < -0.4 is 4.74 Å². The van der Waals surface area contributed by atoms with Crippen molar-refractivity contribution in [3.8, 4) is 5.75 Å². The summed E-state index contributed by atoms with van der Waals surface area (Å²) < 4.78 is 5.71. The van der Waals surface area contributed by atoms with Crippen LogP contribution in [0.25, 0.3) is 6.08 Å². The highest BCUT2D eigenvalue weighted by Crippen LogP contribution is 2.27. The number of hydrogen-bond acceptors (Lipinski definition) is 1. The molecule has 80 valence electrons. The molecule has 1 aromatic rings. The summed E-state index contributed by atoms with van der Waals surface area (Å²) >= 11 is 5.60. The Morgan fingerprint density at radius 1 is 1.40 bits per heavy atom. The molecule has 1 aliphatic carbocycles. The van der Waals surface area contributed by atoms with Gasteiger partial charge in [0.25, 0.3) is 0 Å². The first kappa shape index (κ1) is 10.6. The quantitative estimate of drug-likeness (QED) is 0.688. The van der Waals surface area contributed by atoms with Gasteiger partial charge in [0.05, 0.1) is 6.10 Å². The first-order chi connectivity index (χ1) is 7.38. The summed E-state index contributed by atoms with van der Waals surface area (Å²) in [6, 6.07) is 8.18. The topological polar surface area (TPSA) is 9.23 Å². The molecule has 0 bridgehead atoms. The van der Waals surface area contributed by atoms with Crippen LogP contribution in [0, 0.1) is 0 Å². The minimum absolute atomic E-state index is 0.465. The molecule has 2 rings (SSSR count). The molecule has 0 saturated heterocycles. The minimum Gasteiger partial charge on any atom is -0.490 e. The molecule has 0 N–H and O–H groups in total. The predicted octanol–water partition coefficient (Wildman–Crippen LogP) is 3.87. The maximum atomic E-state index is 5.71. The molecule has 1 aromatic carbocycles. The smallest absolute Gasteiger partial charge is 0.120 e. The summed E-state index contributed by atoms with van der Waals surface area (Å²) in [6.45, 7) is 0. The van der Waals surface area contributed by atoms with E-state index in [-0.39, 0.29) is 0 Å². The Hall–Kier alpha value is -0.950. The molecular weight excluding hydrogens is 208 g/mol. The van der Waals surface area contributed by atoms with Gasteiger partial charge < -0.3 is 4.74 Å². The van der Waals surface area contributed by atoms with Gasteiger partial charge in [-0.05, 0) is 37.0 Å². The molecule has 0 aliphatic heterocycles. The van der Waals surface area contributed by atoms with Crippen molar-refractivity contribution in [1.29, 1.82) is 0 Å². The summed E-state index contributed by atoms with van der Waals surface area (Å²) in [7, 11) is 0. The fraction of sp³-hybridized carbons (Fsp3) is 0.385. The third kappa shape index (κ3) is 3.60. The van der Waals surface area contributed by atoms with Crippen LogP contribution in [0.1, 0.15) is 24.8 Å². The number of allylic oxidation sites excluding steroid dienone is 1. The number of halogens is 1. The molecule has 0 amide bonds. The summed E-state index contributed by atoms with van der Waals surface area (Å²) in [5, 5.41) is 0. The summed E-state index contributed by atoms with van der Waals surface area (Å²) in [4.78, 5) is 0. The second-order valence-electron chi connectivity index (χ2n) is 3.77. The van der Waals surface area contributed by atoms with Crippen molar-refractivity contribution in [3.63, 3.8) is 0 Å². The van der Waals surface area contributed by atoms with E-state index in [1.165, 1.54) is 18.4 Å². The van der Waals surface area contributed by atoms with Crippen molar-refractivity contribution in [3.05, 3.63) is 35.9 Å². The SMILES string of the molecule is ClCC/C=C/c1cccc(OC2CC2)c1. The summed E-state index contributed by atoms with van der Waals surface area (Å²) in [5.74, 6) is 1.65. The van der Waals surface area contributed by atoms with E-state index in [1.54, 1.807) is 0 Å². The van der Waals surface area contributed by atoms with E-state index >= 15 is 0 Å². The van der Waals surface area contributed by atoms with Gasteiger partial charge in [-0.25, -0.2) is 0 Å². The van der Waals surface area contributed by atoms with Crippen molar-refractivity contribution < 1.29 is 4.74 Å². The van der Waals surface area contributed by atoms with Gasteiger partial charge in [0.2, 0.25) is 0 Å². The first-order valence-electron chi connectivity index (χ1n) is 5.38. The highest BCUT2D eigenvalue weighted by atomic mass is 35.5. The van der Waals surface area contributed by atoms with Crippen molar-refractivity contribution in [1.82, 2.24) is 0 Å². The van der Waals surface area contributed by atoms with Gasteiger partial charge in [-0.15, -0.1) is 11.6 Å². The van der Waals surface area contributed by atoms with Gasteiger partial charge in [0.15, 0.2) is 0 Å². The standard InChI is InChI=1S/C13H15ClO/c14-9-2-1-4-11-5-3-6-13(10-11)15-12-7-8-12/h1,3-6,10,12H,2,7-9H2/b4-1+. The Labute approximate surface area is 95.7 Å². The number of benzene rings is 1. The van der Waals surface area contributed by atoms with Crippen LogP contribution in [-0.2, 0) is 0 Å². The van der Waals surface area contributed by atoms with Crippen LogP contribution >= 0.6 is 11.6 Å². The Kier molecular flexibility index (Phi) is 3.68. The van der Waals surface area contributed by atoms with Crippen LogP contribution in [0.2, 0.25) is 0 Å². The van der Waals surface area contributed by atoms with Crippen LogP contribution in [-0.4, -0.2) is 12.0 Å². The van der Waals surface area contributed by atoms with Crippen LogP contribution in [0.15, 0.2) is 30.3 Å². The van der Waals surface area contributed by atoms with E-state index in [1.807, 2.05) is 12.1 Å².